The van der Waals surface area contributed by atoms with Crippen molar-refractivity contribution in [3.05, 3.63) is 59.4 Å². The van der Waals surface area contributed by atoms with Gasteiger partial charge in [-0.1, -0.05) is 5.16 Å². The molecule has 1 N–H and O–H groups in total. The topological polar surface area (TPSA) is 115 Å². The summed E-state index contributed by atoms with van der Waals surface area (Å²) >= 11 is 0. The van der Waals surface area contributed by atoms with E-state index in [1.165, 1.54) is 6.33 Å². The molecule has 2 amide bonds. The molecule has 6 rings (SSSR count). The van der Waals surface area contributed by atoms with Gasteiger partial charge in [0.2, 0.25) is 11.8 Å². The zero-order chi connectivity index (χ0) is 25.0. The Morgan fingerprint density at radius 3 is 2.81 bits per heavy atom. The van der Waals surface area contributed by atoms with Gasteiger partial charge in [-0.3, -0.25) is 14.7 Å². The van der Waals surface area contributed by atoms with E-state index in [9.17, 15) is 9.59 Å². The first-order valence-corrected chi connectivity index (χ1v) is 12.1. The highest BCUT2D eigenvalue weighted by Gasteiger charge is 2.30. The van der Waals surface area contributed by atoms with Crippen LogP contribution in [0.25, 0.3) is 10.9 Å². The number of nitrogens with one attached hydrogen (secondary N) is 1. The van der Waals surface area contributed by atoms with E-state index in [1.807, 2.05) is 32.0 Å². The van der Waals surface area contributed by atoms with Gasteiger partial charge in [-0.05, 0) is 51.3 Å². The number of aromatic nitrogens is 4. The van der Waals surface area contributed by atoms with Crippen LogP contribution in [0.3, 0.4) is 0 Å². The molecule has 184 valence electrons. The van der Waals surface area contributed by atoms with E-state index in [4.69, 9.17) is 9.26 Å². The number of fused-ring (bicyclic) bond motifs is 2. The number of amides is 2. The van der Waals surface area contributed by atoms with Gasteiger partial charge in [-0.15, -0.1) is 0 Å². The highest BCUT2D eigenvalue weighted by atomic mass is 16.5. The average molecular weight is 487 g/mol. The molecule has 36 heavy (non-hydrogen) atoms. The third-order valence-electron chi connectivity index (χ3n) is 7.01. The number of aryl methyl sites for hydroxylation is 1. The summed E-state index contributed by atoms with van der Waals surface area (Å²) < 4.78 is 13.1. The lowest BCUT2D eigenvalue weighted by atomic mass is 9.99. The Labute approximate surface area is 207 Å². The van der Waals surface area contributed by atoms with Crippen molar-refractivity contribution < 1.29 is 18.8 Å². The maximum Gasteiger partial charge on any atom is 0.331 e. The summed E-state index contributed by atoms with van der Waals surface area (Å²) in [5.41, 5.74) is 3.35. The van der Waals surface area contributed by atoms with Gasteiger partial charge < -0.3 is 14.2 Å². The Kier molecular flexibility index (Phi) is 5.24. The molecule has 4 aromatic rings. The normalized spacial score (nSPS) is 17.2. The second-order valence-corrected chi connectivity index (χ2v) is 9.53. The number of rotatable bonds is 4. The number of anilines is 1. The maximum atomic E-state index is 12.9. The number of ether oxygens (including phenoxy) is 1. The van der Waals surface area contributed by atoms with Gasteiger partial charge in [0.1, 0.15) is 17.8 Å². The summed E-state index contributed by atoms with van der Waals surface area (Å²) in [4.78, 5) is 35.5. The van der Waals surface area contributed by atoms with E-state index >= 15 is 0 Å². The Morgan fingerprint density at radius 2 is 2.03 bits per heavy atom. The Bertz CT molecular complexity index is 1500. The van der Waals surface area contributed by atoms with E-state index in [-0.39, 0.29) is 18.0 Å². The maximum absolute atomic E-state index is 12.9. The summed E-state index contributed by atoms with van der Waals surface area (Å²) in [5.74, 6) is 2.81. The molecule has 0 bridgehead atoms. The summed E-state index contributed by atoms with van der Waals surface area (Å²) in [6, 6.07) is 7.08. The predicted molar refractivity (Wildman–Crippen MR) is 131 cm³/mol. The third-order valence-corrected chi connectivity index (χ3v) is 7.01. The second kappa shape index (κ2) is 8.47. The first kappa shape index (κ1) is 22.3. The quantitative estimate of drug-likeness (QED) is 0.442. The number of carbonyl (C=O) groups is 2. The van der Waals surface area contributed by atoms with Crippen molar-refractivity contribution in [2.75, 3.05) is 5.32 Å². The van der Waals surface area contributed by atoms with Gasteiger partial charge in [0, 0.05) is 47.7 Å². The molecule has 10 nitrogen and oxygen atoms in total. The number of nitrogens with zero attached hydrogens (tertiary/aromatic N) is 5. The number of hydrogen-bond donors (Lipinski definition) is 1. The van der Waals surface area contributed by atoms with E-state index < -0.39 is 0 Å². The van der Waals surface area contributed by atoms with Crippen molar-refractivity contribution in [3.8, 4) is 11.6 Å². The van der Waals surface area contributed by atoms with E-state index in [0.29, 0.717) is 36.3 Å². The van der Waals surface area contributed by atoms with Crippen molar-refractivity contribution in [1.82, 2.24) is 24.6 Å². The first-order chi connectivity index (χ1) is 17.4. The summed E-state index contributed by atoms with van der Waals surface area (Å²) in [6.45, 7) is 5.97. The molecule has 0 saturated heterocycles. The second-order valence-electron chi connectivity index (χ2n) is 9.53. The molecule has 1 aromatic carbocycles. The molecule has 3 aromatic heterocycles. The van der Waals surface area contributed by atoms with Crippen LogP contribution in [0, 0.1) is 6.92 Å². The molecule has 0 spiro atoms. The minimum Gasteiger partial charge on any atom is -0.438 e. The lowest BCUT2D eigenvalue weighted by Gasteiger charge is -2.33. The number of benzene rings is 1. The lowest BCUT2D eigenvalue weighted by Crippen LogP contribution is -2.41. The van der Waals surface area contributed by atoms with Crippen LogP contribution in [-0.2, 0) is 17.8 Å². The zero-order valence-electron chi connectivity index (χ0n) is 20.3. The van der Waals surface area contributed by atoms with Crippen LogP contribution in [0.15, 0.2) is 41.3 Å². The van der Waals surface area contributed by atoms with Crippen LogP contribution < -0.4 is 10.1 Å². The van der Waals surface area contributed by atoms with Gasteiger partial charge in [-0.25, -0.2) is 14.8 Å². The molecule has 1 atom stereocenters. The monoisotopic (exact) mass is 486 g/mol. The summed E-state index contributed by atoms with van der Waals surface area (Å²) in [6.07, 6.45) is 6.01. The fourth-order valence-electron chi connectivity index (χ4n) is 4.82. The van der Waals surface area contributed by atoms with Gasteiger partial charge in [0.25, 0.3) is 0 Å². The first-order valence-electron chi connectivity index (χ1n) is 12.1. The molecular formula is C26H26N6O4. The van der Waals surface area contributed by atoms with Crippen molar-refractivity contribution in [1.29, 1.82) is 0 Å². The van der Waals surface area contributed by atoms with Gasteiger partial charge >= 0.3 is 6.03 Å². The molecule has 10 heteroatoms. The fraction of sp³-hybridized carbons (Fsp3) is 0.346. The van der Waals surface area contributed by atoms with Crippen molar-refractivity contribution in [2.45, 2.75) is 58.5 Å². The molecular weight excluding hydrogens is 460 g/mol. The smallest absolute Gasteiger partial charge is 0.331 e. The van der Waals surface area contributed by atoms with Crippen LogP contribution in [0.5, 0.6) is 11.6 Å². The molecule has 1 aliphatic heterocycles. The van der Waals surface area contributed by atoms with Crippen molar-refractivity contribution >= 4 is 28.7 Å². The highest BCUT2D eigenvalue weighted by Crippen LogP contribution is 2.41. The summed E-state index contributed by atoms with van der Waals surface area (Å²) in [5, 5.41) is 7.66. The van der Waals surface area contributed by atoms with Gasteiger partial charge in [0.15, 0.2) is 5.82 Å². The number of hydrogen-bond acceptors (Lipinski definition) is 7. The Hall–Kier alpha value is -4.21. The van der Waals surface area contributed by atoms with E-state index in [2.05, 4.69) is 20.4 Å². The van der Waals surface area contributed by atoms with Crippen LogP contribution >= 0.6 is 0 Å². The molecule has 0 unspecified atom stereocenters. The molecule has 0 radical (unpaired) electrons. The van der Waals surface area contributed by atoms with Crippen LogP contribution in [-0.4, -0.2) is 42.6 Å². The molecule has 4 heterocycles. The zero-order valence-corrected chi connectivity index (χ0v) is 20.3. The van der Waals surface area contributed by atoms with E-state index in [0.717, 1.165) is 46.3 Å². The largest absolute Gasteiger partial charge is 0.438 e. The highest BCUT2D eigenvalue weighted by molar-refractivity contribution is 5.99. The van der Waals surface area contributed by atoms with Gasteiger partial charge in [-0.2, -0.15) is 0 Å². The minimum atomic E-state index is -0.317. The molecule has 1 fully saturated rings. The SMILES string of the molecule is CC(=O)N1Cc2ncnc(Oc3ccc4c(ccn4C(=O)Nc4cc(C5CC5)on4)c3C)c2C[C@@H]1C. The Morgan fingerprint density at radius 1 is 1.19 bits per heavy atom. The fourth-order valence-corrected chi connectivity index (χ4v) is 4.82. The predicted octanol–water partition coefficient (Wildman–Crippen LogP) is 4.77. The minimum absolute atomic E-state index is 0.0241. The molecule has 2 aliphatic rings. The van der Waals surface area contributed by atoms with Crippen molar-refractivity contribution in [2.24, 2.45) is 0 Å². The van der Waals surface area contributed by atoms with Crippen LogP contribution in [0.4, 0.5) is 10.6 Å². The lowest BCUT2D eigenvalue weighted by molar-refractivity contribution is -0.132. The summed E-state index contributed by atoms with van der Waals surface area (Å²) in [7, 11) is 0. The molecule has 1 aliphatic carbocycles. The van der Waals surface area contributed by atoms with Gasteiger partial charge in [0.05, 0.1) is 17.8 Å². The van der Waals surface area contributed by atoms with Crippen LogP contribution in [0.1, 0.15) is 55.2 Å². The molecule has 1 saturated carbocycles. The van der Waals surface area contributed by atoms with Crippen molar-refractivity contribution in [3.63, 3.8) is 0 Å². The average Bonchev–Trinajstić information content (AvgIpc) is 3.44. The number of carbonyl (C=O) groups excluding carboxylic acids is 2. The van der Waals surface area contributed by atoms with E-state index in [1.54, 1.807) is 28.7 Å². The van der Waals surface area contributed by atoms with Crippen LogP contribution in [0.2, 0.25) is 0 Å². The third kappa shape index (κ3) is 3.88. The Balaban J connectivity index is 1.25. The standard InChI is InChI=1S/C26H26N6O4/c1-14-10-19-20(12-32(14)16(3)33)27-13-28-25(19)35-22-7-6-21-18(15(22)2)8-9-31(21)26(34)29-24-11-23(36-30-24)17-4-5-17/h6-9,11,13-14,17H,4-5,10,12H2,1-3H3,(H,29,30,34)/t14-/m0/s1.